The minimum atomic E-state index is -0.959. The fraction of sp³-hybridized carbons (Fsp3) is 0.105. The van der Waals surface area contributed by atoms with Crippen molar-refractivity contribution in [3.8, 4) is 5.82 Å². The number of hydrogen-bond donors (Lipinski definition) is 1. The molecule has 8 heteroatoms. The summed E-state index contributed by atoms with van der Waals surface area (Å²) >= 11 is 0. The standard InChI is InChI=1S/C19H14F3N5/c1-11-24-16-6-14(21)15(22)7-17(16)27(11)19-10-23-9-18(26-19)25-13-4-2-12(8-20)3-5-13/h2-7,9-10H,8H2,1H3,(H,25,26). The Labute approximate surface area is 152 Å². The maximum absolute atomic E-state index is 13.7. The Morgan fingerprint density at radius 3 is 2.48 bits per heavy atom. The number of nitrogens with one attached hydrogen (secondary N) is 1. The molecule has 4 aromatic rings. The average molecular weight is 369 g/mol. The van der Waals surface area contributed by atoms with Crippen LogP contribution in [0, 0.1) is 18.6 Å². The van der Waals surface area contributed by atoms with Crippen LogP contribution in [-0.2, 0) is 6.67 Å². The minimum absolute atomic E-state index is 0.327. The number of halogens is 3. The smallest absolute Gasteiger partial charge is 0.161 e. The maximum atomic E-state index is 13.7. The zero-order chi connectivity index (χ0) is 19.0. The van der Waals surface area contributed by atoms with Gasteiger partial charge >= 0.3 is 0 Å². The average Bonchev–Trinajstić information content (AvgIpc) is 2.97. The molecule has 0 saturated heterocycles. The molecule has 0 radical (unpaired) electrons. The molecular weight excluding hydrogens is 355 g/mol. The Morgan fingerprint density at radius 2 is 1.74 bits per heavy atom. The summed E-state index contributed by atoms with van der Waals surface area (Å²) in [6, 6.07) is 8.95. The van der Waals surface area contributed by atoms with Gasteiger partial charge in [-0.05, 0) is 24.6 Å². The first kappa shape index (κ1) is 17.0. The van der Waals surface area contributed by atoms with Gasteiger partial charge in [-0.3, -0.25) is 9.55 Å². The van der Waals surface area contributed by atoms with Crippen LogP contribution in [0.2, 0.25) is 0 Å². The van der Waals surface area contributed by atoms with E-state index in [1.54, 1.807) is 35.8 Å². The van der Waals surface area contributed by atoms with Crippen molar-refractivity contribution in [2.75, 3.05) is 5.32 Å². The van der Waals surface area contributed by atoms with Crippen LogP contribution in [0.1, 0.15) is 11.4 Å². The highest BCUT2D eigenvalue weighted by molar-refractivity contribution is 5.78. The normalized spacial score (nSPS) is 11.1. The van der Waals surface area contributed by atoms with Gasteiger partial charge in [0, 0.05) is 17.8 Å². The highest BCUT2D eigenvalue weighted by atomic mass is 19.2. The van der Waals surface area contributed by atoms with Gasteiger partial charge < -0.3 is 5.32 Å². The Kier molecular flexibility index (Phi) is 4.23. The van der Waals surface area contributed by atoms with Crippen LogP contribution < -0.4 is 5.32 Å². The van der Waals surface area contributed by atoms with Crippen LogP contribution in [0.15, 0.2) is 48.8 Å². The third kappa shape index (κ3) is 3.21. The number of imidazole rings is 1. The van der Waals surface area contributed by atoms with Gasteiger partial charge in [0.1, 0.15) is 12.5 Å². The monoisotopic (exact) mass is 369 g/mol. The summed E-state index contributed by atoms with van der Waals surface area (Å²) in [6.45, 7) is 1.19. The van der Waals surface area contributed by atoms with E-state index in [-0.39, 0.29) is 0 Å². The molecule has 136 valence electrons. The first-order valence-corrected chi connectivity index (χ1v) is 8.13. The topological polar surface area (TPSA) is 55.6 Å². The van der Waals surface area contributed by atoms with Crippen LogP contribution in [0.4, 0.5) is 24.7 Å². The van der Waals surface area contributed by atoms with Gasteiger partial charge in [0.25, 0.3) is 0 Å². The molecule has 0 bridgehead atoms. The van der Waals surface area contributed by atoms with Crippen LogP contribution in [0.5, 0.6) is 0 Å². The zero-order valence-corrected chi connectivity index (χ0v) is 14.2. The van der Waals surface area contributed by atoms with Crippen molar-refractivity contribution in [3.63, 3.8) is 0 Å². The predicted octanol–water partition coefficient (Wildman–Crippen LogP) is 4.62. The van der Waals surface area contributed by atoms with Crippen molar-refractivity contribution in [1.29, 1.82) is 0 Å². The van der Waals surface area contributed by atoms with Crippen molar-refractivity contribution in [2.24, 2.45) is 0 Å². The van der Waals surface area contributed by atoms with Gasteiger partial charge in [-0.1, -0.05) is 12.1 Å². The second-order valence-electron chi connectivity index (χ2n) is 5.97. The van der Waals surface area contributed by atoms with Crippen molar-refractivity contribution in [3.05, 3.63) is 71.8 Å². The first-order valence-electron chi connectivity index (χ1n) is 8.13. The number of aromatic nitrogens is 4. The summed E-state index contributed by atoms with van der Waals surface area (Å²) in [5.74, 6) is -0.534. The van der Waals surface area contributed by atoms with E-state index in [4.69, 9.17) is 0 Å². The first-order chi connectivity index (χ1) is 13.0. The van der Waals surface area contributed by atoms with E-state index in [0.29, 0.717) is 34.1 Å². The molecule has 0 fully saturated rings. The fourth-order valence-electron chi connectivity index (χ4n) is 2.83. The second-order valence-corrected chi connectivity index (χ2v) is 5.97. The molecule has 0 unspecified atom stereocenters. The molecule has 2 heterocycles. The van der Waals surface area contributed by atoms with Crippen LogP contribution >= 0.6 is 0 Å². The lowest BCUT2D eigenvalue weighted by atomic mass is 10.2. The van der Waals surface area contributed by atoms with E-state index in [0.717, 1.165) is 17.8 Å². The quantitative estimate of drug-likeness (QED) is 0.571. The van der Waals surface area contributed by atoms with Gasteiger partial charge in [0.2, 0.25) is 0 Å². The van der Waals surface area contributed by atoms with E-state index in [1.165, 1.54) is 12.4 Å². The largest absolute Gasteiger partial charge is 0.339 e. The molecule has 0 amide bonds. The van der Waals surface area contributed by atoms with Gasteiger partial charge in [-0.25, -0.2) is 23.1 Å². The number of benzene rings is 2. The van der Waals surface area contributed by atoms with E-state index in [9.17, 15) is 13.2 Å². The molecule has 0 saturated carbocycles. The Balaban J connectivity index is 1.73. The Bertz CT molecular complexity index is 1120. The van der Waals surface area contributed by atoms with Gasteiger partial charge in [0.05, 0.1) is 23.4 Å². The van der Waals surface area contributed by atoms with Gasteiger partial charge in [-0.15, -0.1) is 0 Å². The molecule has 2 aromatic carbocycles. The van der Waals surface area contributed by atoms with Crippen molar-refractivity contribution >= 4 is 22.5 Å². The fourth-order valence-corrected chi connectivity index (χ4v) is 2.83. The summed E-state index contributed by atoms with van der Waals surface area (Å²) in [7, 11) is 0. The number of rotatable bonds is 4. The van der Waals surface area contributed by atoms with Crippen molar-refractivity contribution in [2.45, 2.75) is 13.6 Å². The highest BCUT2D eigenvalue weighted by Gasteiger charge is 2.15. The molecule has 0 spiro atoms. The van der Waals surface area contributed by atoms with E-state index in [1.807, 2.05) is 0 Å². The lowest BCUT2D eigenvalue weighted by molar-refractivity contribution is 0.485. The van der Waals surface area contributed by atoms with Crippen molar-refractivity contribution in [1.82, 2.24) is 19.5 Å². The number of aryl methyl sites for hydroxylation is 1. The molecule has 1 N–H and O–H groups in total. The Morgan fingerprint density at radius 1 is 1.00 bits per heavy atom. The van der Waals surface area contributed by atoms with E-state index < -0.39 is 18.3 Å². The molecular formula is C19H14F3N5. The van der Waals surface area contributed by atoms with E-state index >= 15 is 0 Å². The third-order valence-corrected chi connectivity index (χ3v) is 4.10. The van der Waals surface area contributed by atoms with Crippen LogP contribution in [0.3, 0.4) is 0 Å². The SMILES string of the molecule is Cc1nc2cc(F)c(F)cc2n1-c1cncc(Nc2ccc(CF)cc2)n1. The summed E-state index contributed by atoms with van der Waals surface area (Å²) < 4.78 is 41.4. The molecule has 0 atom stereocenters. The molecule has 0 aliphatic carbocycles. The number of nitrogens with zero attached hydrogens (tertiary/aromatic N) is 4. The number of fused-ring (bicyclic) bond motifs is 1. The lowest BCUT2D eigenvalue weighted by Crippen LogP contribution is -2.04. The van der Waals surface area contributed by atoms with Crippen molar-refractivity contribution < 1.29 is 13.2 Å². The lowest BCUT2D eigenvalue weighted by Gasteiger charge is -2.09. The zero-order valence-electron chi connectivity index (χ0n) is 14.2. The summed E-state index contributed by atoms with van der Waals surface area (Å²) in [6.07, 6.45) is 3.04. The van der Waals surface area contributed by atoms with Crippen LogP contribution in [-0.4, -0.2) is 19.5 Å². The van der Waals surface area contributed by atoms with Gasteiger partial charge in [-0.2, -0.15) is 0 Å². The minimum Gasteiger partial charge on any atom is -0.339 e. The molecule has 4 rings (SSSR count). The maximum Gasteiger partial charge on any atom is 0.161 e. The number of hydrogen-bond acceptors (Lipinski definition) is 4. The summed E-state index contributed by atoms with van der Waals surface area (Å²) in [4.78, 5) is 12.9. The molecule has 0 aliphatic rings. The predicted molar refractivity (Wildman–Crippen MR) is 95.8 cm³/mol. The second kappa shape index (κ2) is 6.71. The number of alkyl halides is 1. The summed E-state index contributed by atoms with van der Waals surface area (Å²) in [5.41, 5.74) is 2.02. The molecule has 0 aliphatic heterocycles. The van der Waals surface area contributed by atoms with E-state index in [2.05, 4.69) is 20.3 Å². The molecule has 5 nitrogen and oxygen atoms in total. The number of anilines is 2. The molecule has 27 heavy (non-hydrogen) atoms. The summed E-state index contributed by atoms with van der Waals surface area (Å²) in [5, 5.41) is 3.08. The highest BCUT2D eigenvalue weighted by Crippen LogP contribution is 2.24. The molecule has 2 aromatic heterocycles. The third-order valence-electron chi connectivity index (χ3n) is 4.10. The Hall–Kier alpha value is -3.42. The van der Waals surface area contributed by atoms with Gasteiger partial charge in [0.15, 0.2) is 23.3 Å². The van der Waals surface area contributed by atoms with Crippen LogP contribution in [0.25, 0.3) is 16.9 Å².